The molecule has 0 bridgehead atoms. The van der Waals surface area contributed by atoms with Crippen LogP contribution in [0.4, 0.5) is 0 Å². The van der Waals surface area contributed by atoms with Gasteiger partial charge in [-0.15, -0.1) is 0 Å². The lowest BCUT2D eigenvalue weighted by molar-refractivity contribution is 0.520. The lowest BCUT2D eigenvalue weighted by Gasteiger charge is -2.29. The Balaban J connectivity index is 0.00000154. The van der Waals surface area contributed by atoms with E-state index in [2.05, 4.69) is 44.5 Å². The van der Waals surface area contributed by atoms with Gasteiger partial charge in [-0.3, -0.25) is 0 Å². The molecule has 1 unspecified atom stereocenters. The lowest BCUT2D eigenvalue weighted by atomic mass is 9.99. The molecular formula is C16H29N3. The predicted octanol–water partition coefficient (Wildman–Crippen LogP) is 3.85. The minimum absolute atomic E-state index is 0.139. The summed E-state index contributed by atoms with van der Waals surface area (Å²) < 4.78 is 0. The first-order valence-electron chi connectivity index (χ1n) is 7.07. The van der Waals surface area contributed by atoms with Crippen LogP contribution < -0.4 is 5.73 Å². The Morgan fingerprint density at radius 3 is 2.53 bits per heavy atom. The van der Waals surface area contributed by atoms with E-state index in [1.54, 1.807) is 0 Å². The first-order valence-corrected chi connectivity index (χ1v) is 7.07. The standard InChI is InChI=1S/C14H23N3.C2H6/c1-6-12(7-2)8-10(3)13-9-11(4)17(5)14(15)16-13;1-2/h6,8,13H,4,7,9H2,1-3,5H3,(H2,15,16);1-2H3/b10-8+,12-6-;. The number of nitrogens with zero attached hydrogens (tertiary/aromatic N) is 2. The first-order chi connectivity index (χ1) is 8.99. The quantitative estimate of drug-likeness (QED) is 0.786. The highest BCUT2D eigenvalue weighted by Gasteiger charge is 2.21. The Bertz CT molecular complexity index is 389. The molecule has 0 fully saturated rings. The number of rotatable bonds is 3. The highest BCUT2D eigenvalue weighted by Crippen LogP contribution is 2.23. The Morgan fingerprint density at radius 2 is 2.11 bits per heavy atom. The van der Waals surface area contributed by atoms with E-state index in [1.807, 2.05) is 25.8 Å². The summed E-state index contributed by atoms with van der Waals surface area (Å²) in [7, 11) is 1.90. The Hall–Kier alpha value is -1.51. The van der Waals surface area contributed by atoms with Crippen LogP contribution in [0.1, 0.15) is 47.5 Å². The van der Waals surface area contributed by atoms with E-state index in [1.165, 1.54) is 11.1 Å². The second-order valence-electron chi connectivity index (χ2n) is 4.44. The number of allylic oxidation sites excluding steroid dienone is 3. The van der Waals surface area contributed by atoms with Crippen LogP contribution in [0, 0.1) is 0 Å². The summed E-state index contributed by atoms with van der Waals surface area (Å²) in [5.41, 5.74) is 9.47. The van der Waals surface area contributed by atoms with Crippen LogP contribution in [0.25, 0.3) is 0 Å². The summed E-state index contributed by atoms with van der Waals surface area (Å²) in [5.74, 6) is 0.553. The third-order valence-electron chi connectivity index (χ3n) is 3.25. The van der Waals surface area contributed by atoms with Crippen LogP contribution in [0.5, 0.6) is 0 Å². The second kappa shape index (κ2) is 8.57. The fourth-order valence-electron chi connectivity index (χ4n) is 1.85. The molecule has 0 aliphatic carbocycles. The van der Waals surface area contributed by atoms with Gasteiger partial charge in [0.2, 0.25) is 0 Å². The molecule has 1 aliphatic heterocycles. The summed E-state index contributed by atoms with van der Waals surface area (Å²) in [6.07, 6.45) is 6.24. The number of guanidine groups is 1. The average Bonchev–Trinajstić information content (AvgIpc) is 2.43. The average molecular weight is 263 g/mol. The summed E-state index contributed by atoms with van der Waals surface area (Å²) in [6, 6.07) is 0.139. The van der Waals surface area contributed by atoms with Gasteiger partial charge in [-0.05, 0) is 25.8 Å². The summed E-state index contributed by atoms with van der Waals surface area (Å²) >= 11 is 0. The summed E-state index contributed by atoms with van der Waals surface area (Å²) in [4.78, 5) is 6.35. The van der Waals surface area contributed by atoms with Crippen molar-refractivity contribution in [2.24, 2.45) is 10.7 Å². The molecule has 0 saturated heterocycles. The van der Waals surface area contributed by atoms with E-state index in [0.29, 0.717) is 5.96 Å². The van der Waals surface area contributed by atoms with E-state index >= 15 is 0 Å². The van der Waals surface area contributed by atoms with Crippen molar-refractivity contribution in [1.82, 2.24) is 4.90 Å². The molecule has 0 saturated carbocycles. The molecule has 108 valence electrons. The summed E-state index contributed by atoms with van der Waals surface area (Å²) in [6.45, 7) is 14.4. The molecule has 0 aromatic rings. The van der Waals surface area contributed by atoms with Crippen LogP contribution in [0.2, 0.25) is 0 Å². The molecule has 0 amide bonds. The fraction of sp³-hybridized carbons (Fsp3) is 0.562. The maximum Gasteiger partial charge on any atom is 0.195 e. The van der Waals surface area contributed by atoms with Crippen molar-refractivity contribution in [2.45, 2.75) is 53.5 Å². The van der Waals surface area contributed by atoms with E-state index in [9.17, 15) is 0 Å². The molecule has 1 aliphatic rings. The van der Waals surface area contributed by atoms with Gasteiger partial charge in [-0.1, -0.05) is 45.1 Å². The van der Waals surface area contributed by atoms with E-state index in [0.717, 1.165) is 18.5 Å². The van der Waals surface area contributed by atoms with Gasteiger partial charge in [-0.2, -0.15) is 0 Å². The molecule has 19 heavy (non-hydrogen) atoms. The van der Waals surface area contributed by atoms with Crippen LogP contribution >= 0.6 is 0 Å². The van der Waals surface area contributed by atoms with Crippen LogP contribution in [0.15, 0.2) is 40.6 Å². The highest BCUT2D eigenvalue weighted by molar-refractivity contribution is 5.81. The first kappa shape index (κ1) is 17.5. The number of nitrogens with two attached hydrogens (primary N) is 1. The molecule has 1 rings (SSSR count). The van der Waals surface area contributed by atoms with Crippen LogP contribution in [0.3, 0.4) is 0 Å². The van der Waals surface area contributed by atoms with Crippen molar-refractivity contribution in [1.29, 1.82) is 0 Å². The van der Waals surface area contributed by atoms with Gasteiger partial charge in [0.25, 0.3) is 0 Å². The third-order valence-corrected chi connectivity index (χ3v) is 3.25. The topological polar surface area (TPSA) is 41.6 Å². The normalized spacial score (nSPS) is 20.7. The smallest absolute Gasteiger partial charge is 0.195 e. The van der Waals surface area contributed by atoms with Crippen molar-refractivity contribution < 1.29 is 0 Å². The molecule has 1 atom stereocenters. The van der Waals surface area contributed by atoms with Gasteiger partial charge >= 0.3 is 0 Å². The van der Waals surface area contributed by atoms with Crippen molar-refractivity contribution in [3.05, 3.63) is 35.6 Å². The minimum atomic E-state index is 0.139. The zero-order valence-electron chi connectivity index (χ0n) is 13.3. The zero-order valence-corrected chi connectivity index (χ0v) is 13.3. The largest absolute Gasteiger partial charge is 0.370 e. The maximum absolute atomic E-state index is 5.87. The van der Waals surface area contributed by atoms with Crippen LogP contribution in [-0.4, -0.2) is 23.9 Å². The SMILES string of the molecule is C=C1CC(/C(C)=C/C(=C\C)CC)N=C(N)N1C.CC. The van der Waals surface area contributed by atoms with Gasteiger partial charge in [0, 0.05) is 19.2 Å². The third kappa shape index (κ3) is 4.93. The second-order valence-corrected chi connectivity index (χ2v) is 4.44. The maximum atomic E-state index is 5.87. The molecule has 0 aromatic carbocycles. The van der Waals surface area contributed by atoms with E-state index in [4.69, 9.17) is 5.73 Å². The Kier molecular flexibility index (Phi) is 7.89. The monoisotopic (exact) mass is 263 g/mol. The van der Waals surface area contributed by atoms with Crippen LogP contribution in [-0.2, 0) is 0 Å². The molecule has 3 heteroatoms. The number of hydrogen-bond donors (Lipinski definition) is 1. The van der Waals surface area contributed by atoms with Gasteiger partial charge in [-0.25, -0.2) is 4.99 Å². The minimum Gasteiger partial charge on any atom is -0.370 e. The Labute approximate surface area is 118 Å². The zero-order chi connectivity index (χ0) is 15.0. The van der Waals surface area contributed by atoms with Gasteiger partial charge in [0.05, 0.1) is 6.04 Å². The van der Waals surface area contributed by atoms with Crippen molar-refractivity contribution >= 4 is 5.96 Å². The molecular weight excluding hydrogens is 234 g/mol. The molecule has 3 nitrogen and oxygen atoms in total. The predicted molar refractivity (Wildman–Crippen MR) is 86.1 cm³/mol. The van der Waals surface area contributed by atoms with Crippen molar-refractivity contribution in [3.63, 3.8) is 0 Å². The fourth-order valence-corrected chi connectivity index (χ4v) is 1.85. The number of aliphatic imine (C=N–C) groups is 1. The number of hydrogen-bond acceptors (Lipinski definition) is 3. The molecule has 1 heterocycles. The molecule has 0 radical (unpaired) electrons. The highest BCUT2D eigenvalue weighted by atomic mass is 15.3. The molecule has 0 aromatic heterocycles. The van der Waals surface area contributed by atoms with E-state index in [-0.39, 0.29) is 6.04 Å². The van der Waals surface area contributed by atoms with Gasteiger partial charge < -0.3 is 10.6 Å². The molecule has 2 N–H and O–H groups in total. The van der Waals surface area contributed by atoms with Gasteiger partial charge in [0.15, 0.2) is 5.96 Å². The van der Waals surface area contributed by atoms with Gasteiger partial charge in [0.1, 0.15) is 0 Å². The van der Waals surface area contributed by atoms with E-state index < -0.39 is 0 Å². The molecule has 0 spiro atoms. The van der Waals surface area contributed by atoms with Crippen molar-refractivity contribution in [3.8, 4) is 0 Å². The Morgan fingerprint density at radius 1 is 1.53 bits per heavy atom. The summed E-state index contributed by atoms with van der Waals surface area (Å²) in [5, 5.41) is 0. The lowest BCUT2D eigenvalue weighted by Crippen LogP contribution is -2.39. The van der Waals surface area contributed by atoms with Crippen molar-refractivity contribution in [2.75, 3.05) is 7.05 Å².